The summed E-state index contributed by atoms with van der Waals surface area (Å²) in [5.41, 5.74) is 22.1. The predicted octanol–water partition coefficient (Wildman–Crippen LogP) is 10.9. The van der Waals surface area contributed by atoms with Gasteiger partial charge in [0.2, 0.25) is 0 Å². The molecule has 6 aromatic carbocycles. The summed E-state index contributed by atoms with van der Waals surface area (Å²) < 4.78 is 0. The van der Waals surface area contributed by atoms with Crippen LogP contribution in [-0.2, 0) is 0 Å². The topological polar surface area (TPSA) is 0 Å². The van der Waals surface area contributed by atoms with E-state index in [0.717, 1.165) is 0 Å². The van der Waals surface area contributed by atoms with Crippen LogP contribution in [0, 0.1) is 27.7 Å². The van der Waals surface area contributed by atoms with Crippen LogP contribution in [-0.4, -0.2) is 0 Å². The fourth-order valence-electron chi connectivity index (χ4n) is 8.15. The second kappa shape index (κ2) is 9.43. The SMILES string of the molecule is Cc1cc(C2c3ccccc3-c3ccccc32)cc(C)c1-c1c(C)cc(C2c3ccccc3-c3ccccc32)cc1C. The lowest BCUT2D eigenvalue weighted by atomic mass is 9.81. The Morgan fingerprint density at radius 3 is 0.833 bits per heavy atom. The fourth-order valence-corrected chi connectivity index (χ4v) is 8.15. The zero-order valence-corrected chi connectivity index (χ0v) is 24.7. The van der Waals surface area contributed by atoms with Crippen molar-refractivity contribution >= 4 is 0 Å². The van der Waals surface area contributed by atoms with Gasteiger partial charge in [0, 0.05) is 11.8 Å². The minimum atomic E-state index is 0.274. The van der Waals surface area contributed by atoms with Gasteiger partial charge in [0.15, 0.2) is 0 Å². The van der Waals surface area contributed by atoms with E-state index < -0.39 is 0 Å². The molecule has 6 aromatic rings. The second-order valence-corrected chi connectivity index (χ2v) is 12.3. The standard InChI is InChI=1S/C42H34/c1-25-21-29(41-35-17-9-5-13-31(35)32-14-6-10-18-36(32)41)22-26(2)39(25)40-27(3)23-30(24-28(40)4)42-37-19-11-7-15-33(37)34-16-8-12-20-38(34)42/h5-24,41-42H,1-4H3. The third-order valence-electron chi connectivity index (χ3n) is 9.69. The highest BCUT2D eigenvalue weighted by Crippen LogP contribution is 2.50. The third-order valence-corrected chi connectivity index (χ3v) is 9.69. The molecule has 0 heteroatoms. The van der Waals surface area contributed by atoms with Gasteiger partial charge in [0.25, 0.3) is 0 Å². The van der Waals surface area contributed by atoms with E-state index in [1.807, 2.05) is 0 Å². The van der Waals surface area contributed by atoms with Crippen LogP contribution in [0.2, 0.25) is 0 Å². The van der Waals surface area contributed by atoms with Gasteiger partial charge in [-0.2, -0.15) is 0 Å². The van der Waals surface area contributed by atoms with Crippen molar-refractivity contribution in [2.45, 2.75) is 39.5 Å². The van der Waals surface area contributed by atoms with Crippen molar-refractivity contribution in [1.29, 1.82) is 0 Å². The second-order valence-electron chi connectivity index (χ2n) is 12.3. The van der Waals surface area contributed by atoms with Gasteiger partial charge in [0.05, 0.1) is 0 Å². The molecule has 0 nitrogen and oxygen atoms in total. The summed E-state index contributed by atoms with van der Waals surface area (Å²) >= 11 is 0. The average molecular weight is 539 g/mol. The Balaban J connectivity index is 1.24. The molecular formula is C42H34. The molecule has 0 atom stereocenters. The third kappa shape index (κ3) is 3.61. The predicted molar refractivity (Wildman–Crippen MR) is 176 cm³/mol. The first-order valence-corrected chi connectivity index (χ1v) is 15.1. The van der Waals surface area contributed by atoms with Crippen LogP contribution in [0.15, 0.2) is 121 Å². The molecule has 2 aliphatic carbocycles. The number of benzene rings is 6. The first kappa shape index (κ1) is 25.1. The lowest BCUT2D eigenvalue weighted by molar-refractivity contribution is 1.00. The van der Waals surface area contributed by atoms with E-state index in [4.69, 9.17) is 0 Å². The zero-order valence-electron chi connectivity index (χ0n) is 24.7. The molecule has 0 unspecified atom stereocenters. The van der Waals surface area contributed by atoms with Gasteiger partial charge in [-0.15, -0.1) is 0 Å². The summed E-state index contributed by atoms with van der Waals surface area (Å²) in [4.78, 5) is 0. The van der Waals surface area contributed by atoms with Crippen molar-refractivity contribution in [3.8, 4) is 33.4 Å². The van der Waals surface area contributed by atoms with Crippen molar-refractivity contribution in [1.82, 2.24) is 0 Å². The summed E-state index contributed by atoms with van der Waals surface area (Å²) in [6.45, 7) is 9.20. The van der Waals surface area contributed by atoms with Crippen LogP contribution >= 0.6 is 0 Å². The van der Waals surface area contributed by atoms with Gasteiger partial charge < -0.3 is 0 Å². The van der Waals surface area contributed by atoms with Gasteiger partial charge in [-0.05, 0) is 117 Å². The molecule has 0 aromatic heterocycles. The highest BCUT2D eigenvalue weighted by atomic mass is 14.3. The summed E-state index contributed by atoms with van der Waals surface area (Å²) in [5, 5.41) is 0. The van der Waals surface area contributed by atoms with Gasteiger partial charge in [-0.25, -0.2) is 0 Å². The van der Waals surface area contributed by atoms with Crippen LogP contribution in [0.25, 0.3) is 33.4 Å². The number of hydrogen-bond donors (Lipinski definition) is 0. The first-order chi connectivity index (χ1) is 20.5. The fraction of sp³-hybridized carbons (Fsp3) is 0.143. The molecule has 0 fully saturated rings. The van der Waals surface area contributed by atoms with E-state index in [0.29, 0.717) is 0 Å². The normalized spacial score (nSPS) is 13.5. The summed E-state index contributed by atoms with van der Waals surface area (Å²) in [6, 6.07) is 45.5. The maximum Gasteiger partial charge on any atom is 0.0352 e. The summed E-state index contributed by atoms with van der Waals surface area (Å²) in [5.74, 6) is 0.548. The van der Waals surface area contributed by atoms with Gasteiger partial charge in [-0.1, -0.05) is 121 Å². The number of rotatable bonds is 3. The van der Waals surface area contributed by atoms with Crippen LogP contribution < -0.4 is 0 Å². The van der Waals surface area contributed by atoms with E-state index in [9.17, 15) is 0 Å². The molecule has 0 N–H and O–H groups in total. The quantitative estimate of drug-likeness (QED) is 0.210. The largest absolute Gasteiger partial charge is 0.0619 e. The Hall–Kier alpha value is -4.68. The lowest BCUT2D eigenvalue weighted by Crippen LogP contribution is -2.04. The molecule has 202 valence electrons. The lowest BCUT2D eigenvalue weighted by Gasteiger charge is -2.23. The zero-order chi connectivity index (χ0) is 28.5. The molecule has 0 heterocycles. The minimum absolute atomic E-state index is 0.274. The van der Waals surface area contributed by atoms with Crippen LogP contribution in [0.4, 0.5) is 0 Å². The molecule has 0 amide bonds. The van der Waals surface area contributed by atoms with E-state index in [1.165, 1.54) is 89.0 Å². The summed E-state index contributed by atoms with van der Waals surface area (Å²) in [6.07, 6.45) is 0. The van der Waals surface area contributed by atoms with Crippen LogP contribution in [0.3, 0.4) is 0 Å². The van der Waals surface area contributed by atoms with Crippen LogP contribution in [0.1, 0.15) is 67.5 Å². The van der Waals surface area contributed by atoms with E-state index in [-0.39, 0.29) is 11.8 Å². The van der Waals surface area contributed by atoms with Gasteiger partial charge >= 0.3 is 0 Å². The van der Waals surface area contributed by atoms with Crippen molar-refractivity contribution < 1.29 is 0 Å². The van der Waals surface area contributed by atoms with E-state index >= 15 is 0 Å². The Labute approximate surface area is 249 Å². The molecule has 0 aliphatic heterocycles. The van der Waals surface area contributed by atoms with E-state index in [2.05, 4.69) is 149 Å². The molecule has 0 spiro atoms. The van der Waals surface area contributed by atoms with E-state index in [1.54, 1.807) is 0 Å². The molecule has 0 bridgehead atoms. The Bertz CT molecular complexity index is 1750. The Morgan fingerprint density at radius 1 is 0.333 bits per heavy atom. The first-order valence-electron chi connectivity index (χ1n) is 15.1. The van der Waals surface area contributed by atoms with Gasteiger partial charge in [-0.3, -0.25) is 0 Å². The van der Waals surface area contributed by atoms with Crippen LogP contribution in [0.5, 0.6) is 0 Å². The average Bonchev–Trinajstić information content (AvgIpc) is 3.51. The number of aryl methyl sites for hydroxylation is 4. The van der Waals surface area contributed by atoms with Crippen molar-refractivity contribution in [2.75, 3.05) is 0 Å². The highest BCUT2D eigenvalue weighted by Gasteiger charge is 2.32. The van der Waals surface area contributed by atoms with Gasteiger partial charge in [0.1, 0.15) is 0 Å². The molecule has 2 aliphatic rings. The number of hydrogen-bond acceptors (Lipinski definition) is 0. The molecule has 0 saturated heterocycles. The monoisotopic (exact) mass is 538 g/mol. The maximum absolute atomic E-state index is 2.45. The molecule has 0 radical (unpaired) electrons. The maximum atomic E-state index is 2.45. The molecule has 8 rings (SSSR count). The molecule has 0 saturated carbocycles. The van der Waals surface area contributed by atoms with Crippen molar-refractivity contribution in [3.05, 3.63) is 177 Å². The Kier molecular flexibility index (Phi) is 5.63. The Morgan fingerprint density at radius 2 is 0.571 bits per heavy atom. The van der Waals surface area contributed by atoms with Crippen molar-refractivity contribution in [2.24, 2.45) is 0 Å². The summed E-state index contributed by atoms with van der Waals surface area (Å²) in [7, 11) is 0. The number of fused-ring (bicyclic) bond motifs is 6. The molecule has 42 heavy (non-hydrogen) atoms. The molecular weight excluding hydrogens is 504 g/mol. The highest BCUT2D eigenvalue weighted by molar-refractivity contribution is 5.84. The van der Waals surface area contributed by atoms with Crippen molar-refractivity contribution in [3.63, 3.8) is 0 Å². The smallest absolute Gasteiger partial charge is 0.0352 e. The minimum Gasteiger partial charge on any atom is -0.0619 e.